The van der Waals surface area contributed by atoms with Gasteiger partial charge in [0.2, 0.25) is 0 Å². The monoisotopic (exact) mass is 406 g/mol. The zero-order valence-corrected chi connectivity index (χ0v) is 17.2. The average Bonchev–Trinajstić information content (AvgIpc) is 3.03. The molecule has 0 aliphatic heterocycles. The fourth-order valence-corrected chi connectivity index (χ4v) is 4.85. The highest BCUT2D eigenvalue weighted by molar-refractivity contribution is 7.92. The summed E-state index contributed by atoms with van der Waals surface area (Å²) in [5.41, 5.74) is 3.13. The normalized spacial score (nSPS) is 11.7. The molecule has 0 radical (unpaired) electrons. The highest BCUT2D eigenvalue weighted by Crippen LogP contribution is 2.26. The van der Waals surface area contributed by atoms with Crippen LogP contribution in [-0.2, 0) is 23.5 Å². The number of anilines is 1. The van der Waals surface area contributed by atoms with Crippen LogP contribution in [0.15, 0.2) is 77.8 Å². The van der Waals surface area contributed by atoms with E-state index in [1.54, 1.807) is 17.8 Å². The lowest BCUT2D eigenvalue weighted by Gasteiger charge is -2.24. The highest BCUT2D eigenvalue weighted by atomic mass is 32.2. The van der Waals surface area contributed by atoms with Gasteiger partial charge < -0.3 is 0 Å². The lowest BCUT2D eigenvalue weighted by atomic mass is 10.1. The molecule has 0 fully saturated rings. The Kier molecular flexibility index (Phi) is 5.07. The Morgan fingerprint density at radius 3 is 2.34 bits per heavy atom. The number of rotatable bonds is 6. The first-order chi connectivity index (χ1) is 14.0. The van der Waals surface area contributed by atoms with Crippen molar-refractivity contribution in [1.29, 1.82) is 0 Å². The number of hydrogen-bond acceptors (Lipinski definition) is 4. The molecule has 0 aliphatic carbocycles. The second-order valence-corrected chi connectivity index (χ2v) is 8.76. The third-order valence-corrected chi connectivity index (χ3v) is 6.71. The molecule has 0 aliphatic rings. The van der Waals surface area contributed by atoms with Crippen molar-refractivity contribution in [3.05, 3.63) is 84.2 Å². The molecule has 4 rings (SSSR count). The first-order valence-electron chi connectivity index (χ1n) is 9.38. The fraction of sp³-hybridized carbons (Fsp3) is 0.182. The number of para-hydroxylation sites is 1. The van der Waals surface area contributed by atoms with Crippen LogP contribution in [0, 0.1) is 6.92 Å². The Morgan fingerprint density at radius 1 is 1.00 bits per heavy atom. The van der Waals surface area contributed by atoms with Gasteiger partial charge in [-0.1, -0.05) is 48.5 Å². The molecule has 0 bridgehead atoms. The summed E-state index contributed by atoms with van der Waals surface area (Å²) in [5.74, 6) is 0. The summed E-state index contributed by atoms with van der Waals surface area (Å²) in [6.45, 7) is 2.19. The molecular formula is C22H22N4O2S. The SMILES string of the molecule is Cc1nn(C)c2ncc(S(=O)(=O)N(CCc3ccccc3)c3ccccc3)cc12. The van der Waals surface area contributed by atoms with Gasteiger partial charge >= 0.3 is 0 Å². The number of sulfonamides is 1. The predicted octanol–water partition coefficient (Wildman–Crippen LogP) is 3.71. The number of hydrogen-bond donors (Lipinski definition) is 0. The Labute approximate surface area is 170 Å². The van der Waals surface area contributed by atoms with E-state index >= 15 is 0 Å². The molecule has 0 atom stereocenters. The first-order valence-corrected chi connectivity index (χ1v) is 10.8. The smallest absolute Gasteiger partial charge is 0.265 e. The van der Waals surface area contributed by atoms with E-state index in [0.717, 1.165) is 16.6 Å². The molecule has 0 saturated heterocycles. The van der Waals surface area contributed by atoms with Gasteiger partial charge in [-0.05, 0) is 37.1 Å². The molecule has 0 spiro atoms. The van der Waals surface area contributed by atoms with Crippen molar-refractivity contribution >= 4 is 26.7 Å². The van der Waals surface area contributed by atoms with Crippen LogP contribution in [0.5, 0.6) is 0 Å². The highest BCUT2D eigenvalue weighted by Gasteiger charge is 2.26. The van der Waals surface area contributed by atoms with Crippen molar-refractivity contribution in [2.75, 3.05) is 10.8 Å². The largest absolute Gasteiger partial charge is 0.266 e. The molecule has 0 unspecified atom stereocenters. The van der Waals surface area contributed by atoms with Gasteiger partial charge in [0.05, 0.1) is 11.4 Å². The van der Waals surface area contributed by atoms with Gasteiger partial charge in [-0.15, -0.1) is 0 Å². The minimum atomic E-state index is -3.79. The Balaban J connectivity index is 1.75. The third kappa shape index (κ3) is 3.73. The van der Waals surface area contributed by atoms with Crippen molar-refractivity contribution in [1.82, 2.24) is 14.8 Å². The minimum absolute atomic E-state index is 0.165. The van der Waals surface area contributed by atoms with Gasteiger partial charge in [0.1, 0.15) is 4.90 Å². The van der Waals surface area contributed by atoms with Crippen molar-refractivity contribution in [2.24, 2.45) is 7.05 Å². The van der Waals surface area contributed by atoms with E-state index in [9.17, 15) is 8.42 Å². The lowest BCUT2D eigenvalue weighted by Crippen LogP contribution is -2.33. The molecule has 7 heteroatoms. The van der Waals surface area contributed by atoms with Crippen LogP contribution in [0.4, 0.5) is 5.69 Å². The number of aromatic nitrogens is 3. The molecule has 2 aromatic heterocycles. The number of fused-ring (bicyclic) bond motifs is 1. The van der Waals surface area contributed by atoms with Crippen LogP contribution in [-0.4, -0.2) is 29.7 Å². The van der Waals surface area contributed by atoms with Gasteiger partial charge in [-0.3, -0.25) is 8.99 Å². The molecule has 148 valence electrons. The molecular weight excluding hydrogens is 384 g/mol. The van der Waals surface area contributed by atoms with Gasteiger partial charge in [0.25, 0.3) is 10.0 Å². The van der Waals surface area contributed by atoms with Crippen LogP contribution in [0.25, 0.3) is 11.0 Å². The van der Waals surface area contributed by atoms with Crippen molar-refractivity contribution in [3.63, 3.8) is 0 Å². The maximum atomic E-state index is 13.6. The van der Waals surface area contributed by atoms with Crippen LogP contribution < -0.4 is 4.31 Å². The van der Waals surface area contributed by atoms with Crippen LogP contribution in [0.1, 0.15) is 11.3 Å². The molecule has 6 nitrogen and oxygen atoms in total. The van der Waals surface area contributed by atoms with Crippen molar-refractivity contribution in [2.45, 2.75) is 18.2 Å². The van der Waals surface area contributed by atoms with Crippen LogP contribution in [0.2, 0.25) is 0 Å². The second-order valence-electron chi connectivity index (χ2n) is 6.90. The summed E-state index contributed by atoms with van der Waals surface area (Å²) in [6.07, 6.45) is 2.02. The van der Waals surface area contributed by atoms with Gasteiger partial charge in [0.15, 0.2) is 5.65 Å². The number of pyridine rings is 1. The summed E-state index contributed by atoms with van der Waals surface area (Å²) in [5, 5.41) is 5.08. The maximum Gasteiger partial charge on any atom is 0.265 e. The van der Waals surface area contributed by atoms with Crippen molar-refractivity contribution < 1.29 is 8.42 Å². The van der Waals surface area contributed by atoms with Gasteiger partial charge in [0, 0.05) is 25.2 Å². The van der Waals surface area contributed by atoms with Gasteiger partial charge in [-0.25, -0.2) is 13.4 Å². The number of aryl methyl sites for hydroxylation is 2. The molecule has 0 N–H and O–H groups in total. The lowest BCUT2D eigenvalue weighted by molar-refractivity contribution is 0.590. The molecule has 2 aromatic carbocycles. The Bertz CT molecular complexity index is 1240. The van der Waals surface area contributed by atoms with E-state index in [4.69, 9.17) is 0 Å². The van der Waals surface area contributed by atoms with E-state index in [2.05, 4.69) is 10.1 Å². The third-order valence-electron chi connectivity index (χ3n) is 4.92. The topological polar surface area (TPSA) is 68.1 Å². The van der Waals surface area contributed by atoms with E-state index in [1.807, 2.05) is 67.6 Å². The first kappa shape index (κ1) is 19.1. The number of nitrogens with zero attached hydrogens (tertiary/aromatic N) is 4. The van der Waals surface area contributed by atoms with Crippen molar-refractivity contribution in [3.8, 4) is 0 Å². The summed E-state index contributed by atoms with van der Waals surface area (Å²) in [7, 11) is -1.99. The van der Waals surface area contributed by atoms with Crippen LogP contribution >= 0.6 is 0 Å². The quantitative estimate of drug-likeness (QED) is 0.489. The van der Waals surface area contributed by atoms with Crippen LogP contribution in [0.3, 0.4) is 0 Å². The Morgan fingerprint density at radius 2 is 1.66 bits per heavy atom. The van der Waals surface area contributed by atoms with E-state index < -0.39 is 10.0 Å². The summed E-state index contributed by atoms with van der Waals surface area (Å²) in [6, 6.07) is 20.7. The minimum Gasteiger partial charge on any atom is -0.266 e. The van der Waals surface area contributed by atoms with Gasteiger partial charge in [-0.2, -0.15) is 5.10 Å². The molecule has 29 heavy (non-hydrogen) atoms. The predicted molar refractivity (Wildman–Crippen MR) is 114 cm³/mol. The standard InChI is InChI=1S/C22H22N4O2S/c1-17-21-15-20(16-23-22(21)25(2)24-17)29(27,28)26(19-11-7-4-8-12-19)14-13-18-9-5-3-6-10-18/h3-12,15-16H,13-14H2,1-2H3. The zero-order chi connectivity index (χ0) is 20.4. The fourth-order valence-electron chi connectivity index (χ4n) is 3.41. The molecule has 0 saturated carbocycles. The Hall–Kier alpha value is -3.19. The zero-order valence-electron chi connectivity index (χ0n) is 16.4. The van der Waals surface area contributed by atoms with E-state index in [-0.39, 0.29) is 4.90 Å². The molecule has 2 heterocycles. The molecule has 0 amide bonds. The van der Waals surface area contributed by atoms with E-state index in [1.165, 1.54) is 10.5 Å². The summed E-state index contributed by atoms with van der Waals surface area (Å²) in [4.78, 5) is 4.52. The van der Waals surface area contributed by atoms with E-state index in [0.29, 0.717) is 24.3 Å². The summed E-state index contributed by atoms with van der Waals surface area (Å²) >= 11 is 0. The second kappa shape index (κ2) is 7.67. The molecule has 4 aromatic rings. The number of benzene rings is 2. The summed E-state index contributed by atoms with van der Waals surface area (Å²) < 4.78 is 30.3. The average molecular weight is 407 g/mol. The maximum absolute atomic E-state index is 13.6.